The van der Waals surface area contributed by atoms with E-state index in [0.717, 1.165) is 31.6 Å². The van der Waals surface area contributed by atoms with E-state index in [1.807, 2.05) is 0 Å². The molecule has 0 spiro atoms. The van der Waals surface area contributed by atoms with E-state index in [0.29, 0.717) is 0 Å². The van der Waals surface area contributed by atoms with Gasteiger partial charge in [-0.05, 0) is 56.6 Å². The first-order valence-corrected chi connectivity index (χ1v) is 14.3. The highest BCUT2D eigenvalue weighted by molar-refractivity contribution is 6.81. The van der Waals surface area contributed by atoms with Gasteiger partial charge in [0.05, 0.1) is 14.7 Å². The third-order valence-corrected chi connectivity index (χ3v) is 12.9. The molecular weight excluding hydrogens is 360 g/mol. The zero-order valence-electron chi connectivity index (χ0n) is 18.5. The Labute approximate surface area is 174 Å². The average Bonchev–Trinajstić information content (AvgIpc) is 2.75. The fourth-order valence-corrected chi connectivity index (χ4v) is 9.68. The molecule has 2 nitrogen and oxygen atoms in total. The van der Waals surface area contributed by atoms with Crippen LogP contribution in [0.3, 0.4) is 0 Å². The number of unbranched alkanes of at least 4 members (excludes halogenated alkanes) is 1. The molecule has 2 rings (SSSR count). The summed E-state index contributed by atoms with van der Waals surface area (Å²) in [6.07, 6.45) is 13.4. The van der Waals surface area contributed by atoms with E-state index in [2.05, 4.69) is 63.3 Å². The number of ether oxygens (including phenoxy) is 2. The quantitative estimate of drug-likeness (QED) is 0.195. The summed E-state index contributed by atoms with van der Waals surface area (Å²) in [4.78, 5) is 0. The van der Waals surface area contributed by atoms with Crippen LogP contribution in [-0.2, 0) is 15.9 Å². The number of aryl methyl sites for hydroxylation is 1. The van der Waals surface area contributed by atoms with Gasteiger partial charge in [0, 0.05) is 6.61 Å². The Hall–Kier alpha value is -0.903. The van der Waals surface area contributed by atoms with Crippen LogP contribution in [0, 0.1) is 0 Å². The summed E-state index contributed by atoms with van der Waals surface area (Å²) in [5.41, 5.74) is 2.21. The molecule has 1 fully saturated rings. The number of rotatable bonds is 13. The minimum atomic E-state index is -1.33. The molecule has 0 aliphatic carbocycles. The molecule has 1 saturated heterocycles. The van der Waals surface area contributed by atoms with E-state index in [1.165, 1.54) is 55.8 Å². The monoisotopic (exact) mass is 402 g/mol. The number of hydrogen-bond donors (Lipinski definition) is 0. The van der Waals surface area contributed by atoms with Crippen molar-refractivity contribution in [3.8, 4) is 0 Å². The first kappa shape index (κ1) is 23.4. The van der Waals surface area contributed by atoms with Gasteiger partial charge in [-0.15, -0.1) is 0 Å². The van der Waals surface area contributed by atoms with E-state index in [-0.39, 0.29) is 6.29 Å². The molecular formula is C25H42O2Si. The van der Waals surface area contributed by atoms with E-state index < -0.39 is 8.07 Å². The predicted molar refractivity (Wildman–Crippen MR) is 124 cm³/mol. The van der Waals surface area contributed by atoms with E-state index in [4.69, 9.17) is 9.47 Å². The summed E-state index contributed by atoms with van der Waals surface area (Å²) >= 11 is 0. The molecule has 1 heterocycles. The fraction of sp³-hybridized carbons (Fsp3) is 0.680. The number of benzene rings is 1. The molecule has 3 heteroatoms. The summed E-state index contributed by atoms with van der Waals surface area (Å²) in [5, 5.41) is 0. The molecule has 0 amide bonds. The second kappa shape index (κ2) is 13.3. The van der Waals surface area contributed by atoms with Crippen molar-refractivity contribution in [2.24, 2.45) is 0 Å². The van der Waals surface area contributed by atoms with Gasteiger partial charge in [0.1, 0.15) is 0 Å². The van der Waals surface area contributed by atoms with Crippen LogP contribution in [0.1, 0.15) is 64.9 Å². The number of hydrogen-bond acceptors (Lipinski definition) is 2. The van der Waals surface area contributed by atoms with Crippen molar-refractivity contribution >= 4 is 8.07 Å². The van der Waals surface area contributed by atoms with Crippen molar-refractivity contribution < 1.29 is 9.47 Å². The van der Waals surface area contributed by atoms with Crippen molar-refractivity contribution in [2.75, 3.05) is 13.2 Å². The van der Waals surface area contributed by atoms with Crippen molar-refractivity contribution in [2.45, 2.75) is 95.7 Å². The molecule has 1 aromatic rings. The van der Waals surface area contributed by atoms with E-state index >= 15 is 0 Å². The topological polar surface area (TPSA) is 18.5 Å². The van der Waals surface area contributed by atoms with Gasteiger partial charge in [-0.25, -0.2) is 0 Å². The molecule has 2 atom stereocenters. The highest BCUT2D eigenvalue weighted by atomic mass is 28.3. The fourth-order valence-electron chi connectivity index (χ4n) is 4.77. The van der Waals surface area contributed by atoms with Gasteiger partial charge in [-0.3, -0.25) is 0 Å². The third kappa shape index (κ3) is 7.49. The Balaban J connectivity index is 1.85. The van der Waals surface area contributed by atoms with Gasteiger partial charge in [0.2, 0.25) is 0 Å². The van der Waals surface area contributed by atoms with Crippen LogP contribution in [0.25, 0.3) is 0 Å². The Morgan fingerprint density at radius 2 is 1.93 bits per heavy atom. The van der Waals surface area contributed by atoms with Crippen LogP contribution in [0.2, 0.25) is 23.7 Å². The summed E-state index contributed by atoms with van der Waals surface area (Å²) in [6, 6.07) is 15.2. The van der Waals surface area contributed by atoms with E-state index in [9.17, 15) is 0 Å². The molecule has 158 valence electrons. The molecule has 1 unspecified atom stereocenters. The molecule has 28 heavy (non-hydrogen) atoms. The van der Waals surface area contributed by atoms with Crippen LogP contribution in [-0.4, -0.2) is 27.6 Å². The van der Waals surface area contributed by atoms with Crippen molar-refractivity contribution in [1.82, 2.24) is 0 Å². The largest absolute Gasteiger partial charge is 0.353 e. The molecule has 0 saturated carbocycles. The molecule has 0 aromatic heterocycles. The maximum atomic E-state index is 6.09. The van der Waals surface area contributed by atoms with Crippen LogP contribution in [0.4, 0.5) is 0 Å². The zero-order chi connectivity index (χ0) is 20.1. The SMILES string of the molecule is C/C=C/[C@H](CCOC1CCCCO1)[Si](CC)(CC)CCCCc1ccccc1. The lowest BCUT2D eigenvalue weighted by Gasteiger charge is -2.37. The Kier molecular flexibility index (Phi) is 11.1. The predicted octanol–water partition coefficient (Wildman–Crippen LogP) is 7.38. The third-order valence-electron chi connectivity index (χ3n) is 6.72. The zero-order valence-corrected chi connectivity index (χ0v) is 19.5. The first-order valence-electron chi connectivity index (χ1n) is 11.6. The molecule has 0 bridgehead atoms. The molecule has 0 radical (unpaired) electrons. The smallest absolute Gasteiger partial charge is 0.157 e. The van der Waals surface area contributed by atoms with Crippen molar-refractivity contribution in [1.29, 1.82) is 0 Å². The van der Waals surface area contributed by atoms with Crippen molar-refractivity contribution in [3.05, 3.63) is 48.0 Å². The second-order valence-electron chi connectivity index (χ2n) is 8.35. The van der Waals surface area contributed by atoms with Gasteiger partial charge < -0.3 is 9.47 Å². The number of allylic oxidation sites excluding steroid dienone is 2. The summed E-state index contributed by atoms with van der Waals surface area (Å²) in [7, 11) is -1.33. The standard InChI is InChI=1S/C25H42O2Si/c1-4-14-24(19-21-27-25-18-10-12-20-26-25)28(5-2,6-3)22-13-11-17-23-15-8-7-9-16-23/h4,7-9,14-16,24-25H,5-6,10-13,17-22H2,1-3H3/b14-4+/t24-,25?/m1/s1. The lowest BCUT2D eigenvalue weighted by molar-refractivity contribution is -0.162. The van der Waals surface area contributed by atoms with Gasteiger partial charge in [0.25, 0.3) is 0 Å². The Bertz CT molecular complexity index is 533. The maximum absolute atomic E-state index is 6.09. The Morgan fingerprint density at radius 3 is 2.57 bits per heavy atom. The van der Waals surface area contributed by atoms with Crippen LogP contribution in [0.5, 0.6) is 0 Å². The first-order chi connectivity index (χ1) is 13.7. The maximum Gasteiger partial charge on any atom is 0.157 e. The van der Waals surface area contributed by atoms with Gasteiger partial charge in [-0.2, -0.15) is 0 Å². The summed E-state index contributed by atoms with van der Waals surface area (Å²) in [6.45, 7) is 8.77. The highest BCUT2D eigenvalue weighted by Crippen LogP contribution is 2.38. The average molecular weight is 403 g/mol. The van der Waals surface area contributed by atoms with Crippen molar-refractivity contribution in [3.63, 3.8) is 0 Å². The van der Waals surface area contributed by atoms with Crippen LogP contribution in [0.15, 0.2) is 42.5 Å². The highest BCUT2D eigenvalue weighted by Gasteiger charge is 2.35. The van der Waals surface area contributed by atoms with Gasteiger partial charge >= 0.3 is 0 Å². The molecule has 0 N–H and O–H groups in total. The minimum absolute atomic E-state index is 0.0465. The summed E-state index contributed by atoms with van der Waals surface area (Å²) < 4.78 is 11.8. The lowest BCUT2D eigenvalue weighted by atomic mass is 10.1. The van der Waals surface area contributed by atoms with Crippen LogP contribution < -0.4 is 0 Å². The minimum Gasteiger partial charge on any atom is -0.353 e. The normalized spacial score (nSPS) is 19.2. The molecule has 1 aliphatic heterocycles. The van der Waals surface area contributed by atoms with E-state index in [1.54, 1.807) is 0 Å². The van der Waals surface area contributed by atoms with Crippen LogP contribution >= 0.6 is 0 Å². The lowest BCUT2D eigenvalue weighted by Crippen LogP contribution is -2.38. The van der Waals surface area contributed by atoms with Gasteiger partial charge in [0.15, 0.2) is 6.29 Å². The summed E-state index contributed by atoms with van der Waals surface area (Å²) in [5.74, 6) is 0. The Morgan fingerprint density at radius 1 is 1.14 bits per heavy atom. The van der Waals surface area contributed by atoms with Gasteiger partial charge in [-0.1, -0.05) is 80.9 Å². The second-order valence-corrected chi connectivity index (χ2v) is 13.7. The molecule has 1 aliphatic rings. The molecule has 1 aromatic carbocycles.